The van der Waals surface area contributed by atoms with Crippen molar-refractivity contribution < 1.29 is 28.2 Å². The number of aromatic hydroxyl groups is 1. The smallest absolute Gasteiger partial charge is 0.416 e. The molecule has 2 aliphatic heterocycles. The van der Waals surface area contributed by atoms with Gasteiger partial charge in [-0.05, 0) is 50.4 Å². The normalized spacial score (nSPS) is 19.6. The van der Waals surface area contributed by atoms with Gasteiger partial charge in [0.15, 0.2) is 5.82 Å². The molecular formula is C27H30F3N5O3. The molecule has 11 heteroatoms. The van der Waals surface area contributed by atoms with Crippen molar-refractivity contribution in [3.63, 3.8) is 0 Å². The second kappa shape index (κ2) is 10.7. The van der Waals surface area contributed by atoms with Gasteiger partial charge in [0, 0.05) is 42.0 Å². The predicted octanol–water partition coefficient (Wildman–Crippen LogP) is 3.88. The topological polar surface area (TPSA) is 102 Å². The number of fused-ring (bicyclic) bond motifs is 1. The molecule has 1 amide bonds. The van der Waals surface area contributed by atoms with Crippen molar-refractivity contribution in [3.8, 4) is 17.0 Å². The number of anilines is 1. The van der Waals surface area contributed by atoms with Crippen molar-refractivity contribution in [1.29, 1.82) is 0 Å². The Hall–Kier alpha value is -3.44. The van der Waals surface area contributed by atoms with Crippen LogP contribution in [-0.2, 0) is 11.0 Å². The fourth-order valence-electron chi connectivity index (χ4n) is 5.23. The first-order valence-corrected chi connectivity index (χ1v) is 12.8. The molecule has 0 unspecified atom stereocenters. The monoisotopic (exact) mass is 529 g/mol. The van der Waals surface area contributed by atoms with Crippen LogP contribution in [0.5, 0.6) is 5.75 Å². The maximum absolute atomic E-state index is 13.1. The second-order valence-electron chi connectivity index (χ2n) is 10.0. The number of rotatable bonds is 5. The maximum Gasteiger partial charge on any atom is 0.416 e. The molecule has 5 rings (SSSR count). The van der Waals surface area contributed by atoms with Gasteiger partial charge in [0.2, 0.25) is 5.91 Å². The van der Waals surface area contributed by atoms with Gasteiger partial charge < -0.3 is 20.4 Å². The van der Waals surface area contributed by atoms with Gasteiger partial charge in [0.25, 0.3) is 0 Å². The number of carbonyl (C=O) groups excluding carboxylic acids is 1. The highest BCUT2D eigenvalue weighted by molar-refractivity contribution is 6.00. The Morgan fingerprint density at radius 3 is 2.47 bits per heavy atom. The number of aliphatic hydroxyl groups is 1. The number of piperidine rings is 2. The van der Waals surface area contributed by atoms with E-state index in [0.717, 1.165) is 30.8 Å². The van der Waals surface area contributed by atoms with E-state index in [1.165, 1.54) is 6.07 Å². The summed E-state index contributed by atoms with van der Waals surface area (Å²) in [5, 5.41) is 33.5. The highest BCUT2D eigenvalue weighted by Crippen LogP contribution is 2.38. The number of nitrogens with zero attached hydrogens (tertiary/aromatic N) is 4. The Morgan fingerprint density at radius 1 is 1.03 bits per heavy atom. The van der Waals surface area contributed by atoms with Crippen molar-refractivity contribution in [1.82, 2.24) is 20.0 Å². The van der Waals surface area contributed by atoms with E-state index in [9.17, 15) is 28.2 Å². The number of likely N-dealkylation sites (tertiary alicyclic amines) is 2. The number of alkyl halides is 3. The minimum atomic E-state index is -4.56. The summed E-state index contributed by atoms with van der Waals surface area (Å²) in [7, 11) is 0. The van der Waals surface area contributed by atoms with E-state index >= 15 is 0 Å². The standard InChI is InChI=1S/C27H30F3N5O3/c28-27(29,30)17-7-8-22(23(37)14-17)25-20-5-1-2-6-21(20)26(33-32-25)31-18-4-3-11-34(15-18)16-24(38)35-12-9-19(36)10-13-35/h1-2,5-8,14,18-19,36-37H,3-4,9-13,15-16H2,(H,31,33)/t18-/m1/s1. The fraction of sp³-hybridized carbons (Fsp3) is 0.444. The summed E-state index contributed by atoms with van der Waals surface area (Å²) in [6, 6.07) is 10.1. The number of phenols is 1. The number of hydrogen-bond acceptors (Lipinski definition) is 7. The van der Waals surface area contributed by atoms with Gasteiger partial charge in [-0.2, -0.15) is 13.2 Å². The van der Waals surface area contributed by atoms with Crippen LogP contribution < -0.4 is 5.32 Å². The molecule has 3 N–H and O–H groups in total. The van der Waals surface area contributed by atoms with Gasteiger partial charge >= 0.3 is 6.18 Å². The van der Waals surface area contributed by atoms with Crippen molar-refractivity contribution in [2.75, 3.05) is 38.0 Å². The summed E-state index contributed by atoms with van der Waals surface area (Å²) in [6.45, 7) is 2.96. The number of aliphatic hydroxyl groups excluding tert-OH is 1. The molecule has 2 aromatic carbocycles. The highest BCUT2D eigenvalue weighted by atomic mass is 19.4. The molecule has 202 valence electrons. The molecular weight excluding hydrogens is 499 g/mol. The minimum Gasteiger partial charge on any atom is -0.507 e. The first-order valence-electron chi connectivity index (χ1n) is 12.8. The van der Waals surface area contributed by atoms with Crippen LogP contribution in [0.2, 0.25) is 0 Å². The minimum absolute atomic E-state index is 0.0303. The highest BCUT2D eigenvalue weighted by Gasteiger charge is 2.32. The zero-order chi connectivity index (χ0) is 26.9. The Morgan fingerprint density at radius 2 is 1.76 bits per heavy atom. The van der Waals surface area contributed by atoms with Gasteiger partial charge in [0.1, 0.15) is 11.4 Å². The number of amides is 1. The first-order chi connectivity index (χ1) is 18.2. The molecule has 38 heavy (non-hydrogen) atoms. The molecule has 3 aromatic rings. The summed E-state index contributed by atoms with van der Waals surface area (Å²) < 4.78 is 39.2. The number of benzene rings is 2. The van der Waals surface area contributed by atoms with E-state index in [0.29, 0.717) is 62.0 Å². The van der Waals surface area contributed by atoms with E-state index < -0.39 is 17.5 Å². The van der Waals surface area contributed by atoms with Crippen LogP contribution >= 0.6 is 0 Å². The fourth-order valence-corrected chi connectivity index (χ4v) is 5.23. The summed E-state index contributed by atoms with van der Waals surface area (Å²) in [5.74, 6) is 0.0956. The van der Waals surface area contributed by atoms with E-state index in [4.69, 9.17) is 0 Å². The molecule has 0 bridgehead atoms. The molecule has 8 nitrogen and oxygen atoms in total. The lowest BCUT2D eigenvalue weighted by molar-refractivity contribution is -0.137. The Balaban J connectivity index is 1.32. The van der Waals surface area contributed by atoms with E-state index in [2.05, 4.69) is 20.4 Å². The average molecular weight is 530 g/mol. The molecule has 0 radical (unpaired) electrons. The lowest BCUT2D eigenvalue weighted by Gasteiger charge is -2.35. The van der Waals surface area contributed by atoms with Gasteiger partial charge in [-0.1, -0.05) is 24.3 Å². The van der Waals surface area contributed by atoms with Gasteiger partial charge in [0.05, 0.1) is 18.2 Å². The lowest BCUT2D eigenvalue weighted by Crippen LogP contribution is -2.49. The third kappa shape index (κ3) is 5.68. The number of phenolic OH excluding ortho intramolecular Hbond substituents is 1. The molecule has 0 spiro atoms. The van der Waals surface area contributed by atoms with Gasteiger partial charge in [-0.25, -0.2) is 0 Å². The molecule has 1 aromatic heterocycles. The maximum atomic E-state index is 13.1. The number of hydrogen-bond donors (Lipinski definition) is 3. The Labute approximate surface area is 218 Å². The molecule has 1 atom stereocenters. The molecule has 0 saturated carbocycles. The SMILES string of the molecule is O=C(CN1CCC[C@@H](Nc2nnc(-c3ccc(C(F)(F)F)cc3O)c3ccccc23)C1)N1CCC(O)CC1. The van der Waals surface area contributed by atoms with Crippen molar-refractivity contribution in [2.45, 2.75) is 44.0 Å². The van der Waals surface area contributed by atoms with Crippen LogP contribution in [0.15, 0.2) is 42.5 Å². The first kappa shape index (κ1) is 26.2. The molecule has 2 saturated heterocycles. The van der Waals surface area contributed by atoms with Crippen LogP contribution in [0.25, 0.3) is 22.0 Å². The zero-order valence-corrected chi connectivity index (χ0v) is 20.8. The van der Waals surface area contributed by atoms with Crippen LogP contribution in [0.1, 0.15) is 31.2 Å². The summed E-state index contributed by atoms with van der Waals surface area (Å²) >= 11 is 0. The van der Waals surface area contributed by atoms with Crippen molar-refractivity contribution >= 4 is 22.5 Å². The number of aromatic nitrogens is 2. The lowest BCUT2D eigenvalue weighted by atomic mass is 10.0. The van der Waals surface area contributed by atoms with E-state index in [1.807, 2.05) is 17.0 Å². The molecule has 2 aliphatic rings. The largest absolute Gasteiger partial charge is 0.507 e. The molecule has 0 aliphatic carbocycles. The summed E-state index contributed by atoms with van der Waals surface area (Å²) in [5.41, 5.74) is -0.478. The van der Waals surface area contributed by atoms with Crippen LogP contribution in [0, 0.1) is 0 Å². The summed E-state index contributed by atoms with van der Waals surface area (Å²) in [4.78, 5) is 16.7. The van der Waals surface area contributed by atoms with E-state index in [1.54, 1.807) is 12.1 Å². The molecule has 3 heterocycles. The van der Waals surface area contributed by atoms with Crippen LogP contribution in [-0.4, -0.2) is 81.0 Å². The quantitative estimate of drug-likeness (QED) is 0.461. The third-order valence-corrected chi connectivity index (χ3v) is 7.29. The van der Waals surface area contributed by atoms with E-state index in [-0.39, 0.29) is 23.6 Å². The number of carbonyl (C=O) groups is 1. The van der Waals surface area contributed by atoms with Gasteiger partial charge in [-0.3, -0.25) is 9.69 Å². The predicted molar refractivity (Wildman–Crippen MR) is 137 cm³/mol. The van der Waals surface area contributed by atoms with Crippen LogP contribution in [0.4, 0.5) is 19.0 Å². The summed E-state index contributed by atoms with van der Waals surface area (Å²) in [6.07, 6.45) is -1.87. The Bertz CT molecular complexity index is 1310. The van der Waals surface area contributed by atoms with Gasteiger partial charge in [-0.15, -0.1) is 10.2 Å². The van der Waals surface area contributed by atoms with Crippen molar-refractivity contribution in [3.05, 3.63) is 48.0 Å². The molecule has 2 fully saturated rings. The average Bonchev–Trinajstić information content (AvgIpc) is 2.89. The Kier molecular flexibility index (Phi) is 7.40. The third-order valence-electron chi connectivity index (χ3n) is 7.29. The number of nitrogens with one attached hydrogen (secondary N) is 1. The second-order valence-corrected chi connectivity index (χ2v) is 10.0. The van der Waals surface area contributed by atoms with Crippen LogP contribution in [0.3, 0.4) is 0 Å². The van der Waals surface area contributed by atoms with Crippen molar-refractivity contribution in [2.24, 2.45) is 0 Å². The zero-order valence-electron chi connectivity index (χ0n) is 20.8. The number of halogens is 3.